The number of H-pyrrole nitrogens is 1. The predicted octanol–water partition coefficient (Wildman–Crippen LogP) is 4.30. The van der Waals surface area contributed by atoms with Crippen LogP contribution in [0.1, 0.15) is 5.69 Å². The lowest BCUT2D eigenvalue weighted by Gasteiger charge is -1.93. The zero-order valence-electron chi connectivity index (χ0n) is 8.79. The van der Waals surface area contributed by atoms with Crippen LogP contribution >= 0.6 is 34.5 Å². The number of aromatic amines is 1. The van der Waals surface area contributed by atoms with Gasteiger partial charge in [-0.25, -0.2) is 9.97 Å². The third-order valence-corrected chi connectivity index (χ3v) is 4.14. The van der Waals surface area contributed by atoms with Gasteiger partial charge in [0.25, 0.3) is 0 Å². The second-order valence-electron chi connectivity index (χ2n) is 3.64. The van der Waals surface area contributed by atoms with Crippen LogP contribution in [0, 0.1) is 6.92 Å². The highest BCUT2D eigenvalue weighted by Crippen LogP contribution is 2.30. The smallest absolute Gasteiger partial charge is 0.150 e. The van der Waals surface area contributed by atoms with Gasteiger partial charge in [-0.1, -0.05) is 23.2 Å². The highest BCUT2D eigenvalue weighted by Gasteiger charge is 2.11. The first-order chi connectivity index (χ1) is 8.15. The summed E-state index contributed by atoms with van der Waals surface area (Å²) in [6.45, 7) is 1.96. The summed E-state index contributed by atoms with van der Waals surface area (Å²) in [5.41, 5.74) is 4.45. The fourth-order valence-corrected chi connectivity index (χ4v) is 2.71. The Balaban J connectivity index is 2.24. The second-order valence-corrected chi connectivity index (χ2v) is 5.30. The molecule has 2 heterocycles. The average molecular weight is 284 g/mol. The van der Waals surface area contributed by atoms with Gasteiger partial charge in [-0.3, -0.25) is 0 Å². The molecule has 1 N–H and O–H groups in total. The van der Waals surface area contributed by atoms with Gasteiger partial charge in [-0.15, -0.1) is 11.3 Å². The zero-order valence-corrected chi connectivity index (χ0v) is 11.1. The molecule has 0 saturated heterocycles. The average Bonchev–Trinajstić information content (AvgIpc) is 2.85. The number of imidazole rings is 1. The Bertz CT molecular complexity index is 663. The predicted molar refractivity (Wildman–Crippen MR) is 72.0 cm³/mol. The Morgan fingerprint density at radius 3 is 2.71 bits per heavy atom. The Kier molecular flexibility index (Phi) is 2.58. The van der Waals surface area contributed by atoms with Crippen LogP contribution in [0.4, 0.5) is 0 Å². The number of aromatic nitrogens is 3. The van der Waals surface area contributed by atoms with Crippen molar-refractivity contribution in [3.63, 3.8) is 0 Å². The summed E-state index contributed by atoms with van der Waals surface area (Å²) in [5.74, 6) is 0.804. The van der Waals surface area contributed by atoms with Crippen molar-refractivity contribution in [2.24, 2.45) is 0 Å². The molecular weight excluding hydrogens is 277 g/mol. The van der Waals surface area contributed by atoms with E-state index in [1.165, 1.54) is 0 Å². The summed E-state index contributed by atoms with van der Waals surface area (Å²) in [5, 5.41) is 1.04. The van der Waals surface area contributed by atoms with Crippen LogP contribution in [0.15, 0.2) is 17.6 Å². The van der Waals surface area contributed by atoms with E-state index in [4.69, 9.17) is 23.2 Å². The highest BCUT2D eigenvalue weighted by atomic mass is 35.5. The van der Waals surface area contributed by atoms with Crippen molar-refractivity contribution in [3.05, 3.63) is 33.4 Å². The van der Waals surface area contributed by atoms with E-state index in [-0.39, 0.29) is 0 Å². The second kappa shape index (κ2) is 3.98. The van der Waals surface area contributed by atoms with Crippen molar-refractivity contribution < 1.29 is 0 Å². The van der Waals surface area contributed by atoms with Crippen LogP contribution < -0.4 is 0 Å². The summed E-state index contributed by atoms with van der Waals surface area (Å²) < 4.78 is 0. The van der Waals surface area contributed by atoms with Gasteiger partial charge in [0, 0.05) is 0 Å². The van der Waals surface area contributed by atoms with Crippen LogP contribution in [0.3, 0.4) is 0 Å². The lowest BCUT2D eigenvalue weighted by Crippen LogP contribution is -1.79. The minimum atomic E-state index is 0.512. The minimum absolute atomic E-state index is 0.512. The van der Waals surface area contributed by atoms with E-state index in [2.05, 4.69) is 15.0 Å². The van der Waals surface area contributed by atoms with Crippen LogP contribution in [0.5, 0.6) is 0 Å². The van der Waals surface area contributed by atoms with E-state index in [0.29, 0.717) is 10.0 Å². The molecule has 3 aromatic rings. The summed E-state index contributed by atoms with van der Waals surface area (Å²) in [4.78, 5) is 13.0. The van der Waals surface area contributed by atoms with E-state index in [1.807, 2.05) is 6.92 Å². The zero-order chi connectivity index (χ0) is 12.0. The first-order valence-corrected chi connectivity index (χ1v) is 6.54. The molecule has 0 aliphatic rings. The maximum absolute atomic E-state index is 5.96. The van der Waals surface area contributed by atoms with E-state index in [1.54, 1.807) is 29.0 Å². The standard InChI is InChI=1S/C11H7Cl2N3S/c1-5-10(17-4-14-5)11-15-8-2-6(12)7(13)3-9(8)16-11/h2-4H,1H3,(H,15,16). The van der Waals surface area contributed by atoms with Gasteiger partial charge in [-0.2, -0.15) is 0 Å². The lowest BCUT2D eigenvalue weighted by atomic mass is 10.3. The first kappa shape index (κ1) is 11.0. The van der Waals surface area contributed by atoms with Crippen LogP contribution in [0.25, 0.3) is 21.7 Å². The summed E-state index contributed by atoms with van der Waals surface area (Å²) in [6.07, 6.45) is 0. The maximum Gasteiger partial charge on any atom is 0.150 e. The van der Waals surface area contributed by atoms with Gasteiger partial charge >= 0.3 is 0 Å². The van der Waals surface area contributed by atoms with Crippen LogP contribution in [-0.2, 0) is 0 Å². The molecule has 6 heteroatoms. The fourth-order valence-electron chi connectivity index (χ4n) is 1.64. The van der Waals surface area contributed by atoms with Gasteiger partial charge in [0.2, 0.25) is 0 Å². The van der Waals surface area contributed by atoms with Gasteiger partial charge in [0.05, 0.1) is 37.2 Å². The van der Waals surface area contributed by atoms with Crippen molar-refractivity contribution >= 4 is 45.6 Å². The van der Waals surface area contributed by atoms with Crippen molar-refractivity contribution in [1.82, 2.24) is 15.0 Å². The molecule has 0 atom stereocenters. The maximum atomic E-state index is 5.96. The largest absolute Gasteiger partial charge is 0.337 e. The molecule has 0 amide bonds. The minimum Gasteiger partial charge on any atom is -0.337 e. The number of rotatable bonds is 1. The molecule has 17 heavy (non-hydrogen) atoms. The Morgan fingerprint density at radius 2 is 2.00 bits per heavy atom. The molecule has 2 aromatic heterocycles. The van der Waals surface area contributed by atoms with E-state index in [9.17, 15) is 0 Å². The van der Waals surface area contributed by atoms with Gasteiger partial charge in [0.1, 0.15) is 0 Å². The molecule has 0 bridgehead atoms. The molecule has 0 unspecified atom stereocenters. The van der Waals surface area contributed by atoms with Gasteiger partial charge < -0.3 is 4.98 Å². The molecule has 1 aromatic carbocycles. The van der Waals surface area contributed by atoms with E-state index >= 15 is 0 Å². The normalized spacial score (nSPS) is 11.2. The number of hydrogen-bond donors (Lipinski definition) is 1. The molecule has 0 radical (unpaired) electrons. The molecule has 0 aliphatic carbocycles. The molecule has 3 nitrogen and oxygen atoms in total. The number of hydrogen-bond acceptors (Lipinski definition) is 3. The van der Waals surface area contributed by atoms with Crippen LogP contribution in [-0.4, -0.2) is 15.0 Å². The van der Waals surface area contributed by atoms with Crippen molar-refractivity contribution in [2.45, 2.75) is 6.92 Å². The molecule has 3 rings (SSSR count). The third-order valence-electron chi connectivity index (χ3n) is 2.48. The topological polar surface area (TPSA) is 41.6 Å². The fraction of sp³-hybridized carbons (Fsp3) is 0.0909. The molecule has 0 saturated carbocycles. The Morgan fingerprint density at radius 1 is 1.24 bits per heavy atom. The van der Waals surface area contributed by atoms with Crippen molar-refractivity contribution in [1.29, 1.82) is 0 Å². The van der Waals surface area contributed by atoms with E-state index in [0.717, 1.165) is 27.4 Å². The van der Waals surface area contributed by atoms with Gasteiger partial charge in [0.15, 0.2) is 5.82 Å². The third kappa shape index (κ3) is 1.82. The number of benzene rings is 1. The molecule has 0 fully saturated rings. The van der Waals surface area contributed by atoms with Crippen molar-refractivity contribution in [2.75, 3.05) is 0 Å². The first-order valence-electron chi connectivity index (χ1n) is 4.90. The SMILES string of the molecule is Cc1ncsc1-c1nc2cc(Cl)c(Cl)cc2[nH]1. The number of thiazole rings is 1. The lowest BCUT2D eigenvalue weighted by molar-refractivity contribution is 1.24. The summed E-state index contributed by atoms with van der Waals surface area (Å²) >= 11 is 13.5. The number of nitrogens with one attached hydrogen (secondary N) is 1. The number of halogens is 2. The summed E-state index contributed by atoms with van der Waals surface area (Å²) in [7, 11) is 0. The molecule has 0 spiro atoms. The monoisotopic (exact) mass is 283 g/mol. The quantitative estimate of drug-likeness (QED) is 0.723. The number of aryl methyl sites for hydroxylation is 1. The Labute approximate surface area is 111 Å². The van der Waals surface area contributed by atoms with Gasteiger partial charge in [-0.05, 0) is 19.1 Å². The molecular formula is C11H7Cl2N3S. The van der Waals surface area contributed by atoms with Crippen molar-refractivity contribution in [3.8, 4) is 10.7 Å². The molecule has 0 aliphatic heterocycles. The van der Waals surface area contributed by atoms with Crippen LogP contribution in [0.2, 0.25) is 10.0 Å². The number of fused-ring (bicyclic) bond motifs is 1. The highest BCUT2D eigenvalue weighted by molar-refractivity contribution is 7.13. The number of nitrogens with zero attached hydrogens (tertiary/aromatic N) is 2. The van der Waals surface area contributed by atoms with E-state index < -0.39 is 0 Å². The Hall–Kier alpha value is -1.10. The molecule has 86 valence electrons. The summed E-state index contributed by atoms with van der Waals surface area (Å²) in [6, 6.07) is 3.54.